The number of carbonyl (C=O) groups is 1. The van der Waals surface area contributed by atoms with Gasteiger partial charge in [0.2, 0.25) is 0 Å². The fraction of sp³-hybridized carbons (Fsp3) is 0.211. The van der Waals surface area contributed by atoms with Gasteiger partial charge < -0.3 is 4.74 Å². The average Bonchev–Trinajstić information content (AvgIpc) is 2.59. The molecule has 1 aromatic carbocycles. The van der Waals surface area contributed by atoms with E-state index in [1.54, 1.807) is 39.0 Å². The zero-order valence-corrected chi connectivity index (χ0v) is 15.6. The van der Waals surface area contributed by atoms with Gasteiger partial charge in [0.15, 0.2) is 0 Å². The molecule has 140 valence electrons. The number of fused-ring (bicyclic) bond motifs is 1. The van der Waals surface area contributed by atoms with Crippen LogP contribution in [-0.4, -0.2) is 22.2 Å². The van der Waals surface area contributed by atoms with Crippen LogP contribution in [0.2, 0.25) is 5.02 Å². The van der Waals surface area contributed by atoms with Crippen molar-refractivity contribution in [2.24, 2.45) is 0 Å². The van der Waals surface area contributed by atoms with Gasteiger partial charge in [-0.05, 0) is 32.9 Å². The van der Waals surface area contributed by atoms with Crippen molar-refractivity contribution < 1.29 is 18.3 Å². The number of carbonyl (C=O) groups excluding carboxylic acids is 1. The van der Waals surface area contributed by atoms with E-state index in [4.69, 9.17) is 16.3 Å². The fourth-order valence-electron chi connectivity index (χ4n) is 2.60. The molecule has 27 heavy (non-hydrogen) atoms. The highest BCUT2D eigenvalue weighted by Crippen LogP contribution is 2.36. The highest BCUT2D eigenvalue weighted by Gasteiger charge is 2.27. The molecule has 0 N–H and O–H groups in total. The molecule has 3 aromatic rings. The summed E-state index contributed by atoms with van der Waals surface area (Å²) >= 11 is 6.33. The van der Waals surface area contributed by atoms with Crippen molar-refractivity contribution in [1.82, 2.24) is 9.97 Å². The smallest absolute Gasteiger partial charge is 0.421 e. The van der Waals surface area contributed by atoms with Gasteiger partial charge in [0, 0.05) is 23.9 Å². The molecule has 3 rings (SSSR count). The minimum Gasteiger partial charge on any atom is -0.446 e. The van der Waals surface area contributed by atoms with Crippen molar-refractivity contribution in [3.63, 3.8) is 0 Å². The minimum atomic E-state index is -0.828. The van der Waals surface area contributed by atoms with Crippen LogP contribution >= 0.6 is 11.6 Å². The van der Waals surface area contributed by atoms with Gasteiger partial charge in [-0.25, -0.2) is 28.4 Å². The van der Waals surface area contributed by atoms with Crippen LogP contribution in [0.3, 0.4) is 0 Å². The van der Waals surface area contributed by atoms with E-state index in [0.29, 0.717) is 5.56 Å². The topological polar surface area (TPSA) is 55.3 Å². The molecule has 0 bridgehead atoms. The Balaban J connectivity index is 2.27. The maximum atomic E-state index is 14.2. The second-order valence-corrected chi connectivity index (χ2v) is 6.49. The molecule has 0 saturated carbocycles. The molecule has 0 saturated heterocycles. The molecular weight excluding hydrogens is 376 g/mol. The summed E-state index contributed by atoms with van der Waals surface area (Å²) < 4.78 is 33.2. The third-order valence-electron chi connectivity index (χ3n) is 3.75. The Morgan fingerprint density at radius 1 is 1.26 bits per heavy atom. The number of halogens is 3. The van der Waals surface area contributed by atoms with E-state index in [1.165, 1.54) is 6.20 Å². The van der Waals surface area contributed by atoms with Crippen molar-refractivity contribution in [3.05, 3.63) is 58.7 Å². The molecule has 0 fully saturated rings. The Kier molecular flexibility index (Phi) is 5.23. The van der Waals surface area contributed by atoms with Crippen LogP contribution in [0.1, 0.15) is 19.4 Å². The van der Waals surface area contributed by atoms with Crippen LogP contribution < -0.4 is 4.90 Å². The van der Waals surface area contributed by atoms with Crippen LogP contribution in [-0.2, 0) is 4.74 Å². The number of anilines is 2. The van der Waals surface area contributed by atoms with Crippen molar-refractivity contribution in [1.29, 1.82) is 0 Å². The number of amides is 1. The van der Waals surface area contributed by atoms with Crippen molar-refractivity contribution in [3.8, 4) is 0 Å². The molecule has 8 heteroatoms. The summed E-state index contributed by atoms with van der Waals surface area (Å²) in [6, 6.07) is 6.76. The molecule has 2 aromatic heterocycles. The molecule has 1 amide bonds. The van der Waals surface area contributed by atoms with E-state index < -0.39 is 23.8 Å². The van der Waals surface area contributed by atoms with Gasteiger partial charge in [0.25, 0.3) is 0 Å². The van der Waals surface area contributed by atoms with E-state index >= 15 is 0 Å². The van der Waals surface area contributed by atoms with Crippen LogP contribution in [0, 0.1) is 18.6 Å². The van der Waals surface area contributed by atoms with E-state index in [2.05, 4.69) is 9.97 Å². The van der Waals surface area contributed by atoms with Gasteiger partial charge >= 0.3 is 6.09 Å². The van der Waals surface area contributed by atoms with Gasteiger partial charge in [-0.3, -0.25) is 0 Å². The summed E-state index contributed by atoms with van der Waals surface area (Å²) in [6.45, 7) is 4.99. The summed E-state index contributed by atoms with van der Waals surface area (Å²) in [5.41, 5.74) is 0.317. The summed E-state index contributed by atoms with van der Waals surface area (Å²) in [5.74, 6) is -1.30. The zero-order valence-electron chi connectivity index (χ0n) is 14.8. The highest BCUT2D eigenvalue weighted by molar-refractivity contribution is 6.36. The quantitative estimate of drug-likeness (QED) is 0.587. The summed E-state index contributed by atoms with van der Waals surface area (Å²) in [5, 5.41) is 0.0169. The Morgan fingerprint density at radius 2 is 2.00 bits per heavy atom. The summed E-state index contributed by atoms with van der Waals surface area (Å²) in [4.78, 5) is 22.3. The molecule has 5 nitrogen and oxygen atoms in total. The van der Waals surface area contributed by atoms with Crippen molar-refractivity contribution >= 4 is 40.2 Å². The van der Waals surface area contributed by atoms with Gasteiger partial charge in [0.05, 0.1) is 22.0 Å². The molecule has 2 heterocycles. The third-order valence-corrected chi connectivity index (χ3v) is 4.23. The molecule has 0 radical (unpaired) electrons. The second kappa shape index (κ2) is 7.44. The maximum absolute atomic E-state index is 14.2. The van der Waals surface area contributed by atoms with Crippen LogP contribution in [0.5, 0.6) is 0 Å². The first-order valence-electron chi connectivity index (χ1n) is 8.16. The number of hydrogen-bond acceptors (Lipinski definition) is 4. The molecule has 0 unspecified atom stereocenters. The number of hydrogen-bond donors (Lipinski definition) is 0. The lowest BCUT2D eigenvalue weighted by molar-refractivity contribution is 0.125. The highest BCUT2D eigenvalue weighted by atomic mass is 35.5. The normalized spacial score (nSPS) is 11.1. The van der Waals surface area contributed by atoms with Gasteiger partial charge in [-0.1, -0.05) is 17.7 Å². The number of aromatic nitrogens is 2. The number of nitrogens with zero attached hydrogens (tertiary/aromatic N) is 3. The van der Waals surface area contributed by atoms with Gasteiger partial charge in [-0.15, -0.1) is 0 Å². The van der Waals surface area contributed by atoms with E-state index in [-0.39, 0.29) is 27.6 Å². The predicted molar refractivity (Wildman–Crippen MR) is 99.4 cm³/mol. The first-order valence-corrected chi connectivity index (χ1v) is 8.54. The lowest BCUT2D eigenvalue weighted by atomic mass is 10.1. The Bertz CT molecular complexity index is 1010. The van der Waals surface area contributed by atoms with Crippen molar-refractivity contribution in [2.75, 3.05) is 4.90 Å². The number of pyridine rings is 2. The Labute approximate surface area is 159 Å². The monoisotopic (exact) mass is 391 g/mol. The SMILES string of the molecule is Cc1c(N(C(=O)OC(C)C)c2ccccn2)nc2cc(F)cc(F)c2c1Cl. The van der Waals surface area contributed by atoms with Crippen LogP contribution in [0.15, 0.2) is 36.5 Å². The number of ether oxygens (including phenoxy) is 1. The molecule has 0 spiro atoms. The molecular formula is C19H16ClF2N3O2. The maximum Gasteiger partial charge on any atom is 0.421 e. The van der Waals surface area contributed by atoms with Crippen LogP contribution in [0.4, 0.5) is 25.2 Å². The van der Waals surface area contributed by atoms with E-state index in [1.807, 2.05) is 0 Å². The third kappa shape index (κ3) is 3.68. The van der Waals surface area contributed by atoms with Crippen molar-refractivity contribution in [2.45, 2.75) is 26.9 Å². The zero-order chi connectivity index (χ0) is 19.7. The van der Waals surface area contributed by atoms with E-state index in [9.17, 15) is 13.6 Å². The standard InChI is InChI=1S/C19H16ClF2N3O2/c1-10(2)27-19(26)25(15-6-4-5-7-23-15)18-11(3)17(20)16-13(22)8-12(21)9-14(16)24-18/h4-10H,1-3H3. The Morgan fingerprint density at radius 3 is 2.63 bits per heavy atom. The van der Waals surface area contributed by atoms with E-state index in [0.717, 1.165) is 17.0 Å². The number of benzene rings is 1. The minimum absolute atomic E-state index is 0.0162. The molecule has 0 aliphatic heterocycles. The second-order valence-electron chi connectivity index (χ2n) is 6.11. The molecule has 0 aliphatic rings. The fourth-order valence-corrected chi connectivity index (χ4v) is 2.87. The lowest BCUT2D eigenvalue weighted by Crippen LogP contribution is -2.31. The Hall–Kier alpha value is -2.80. The average molecular weight is 392 g/mol. The lowest BCUT2D eigenvalue weighted by Gasteiger charge is -2.24. The van der Waals surface area contributed by atoms with Gasteiger partial charge in [-0.2, -0.15) is 0 Å². The largest absolute Gasteiger partial charge is 0.446 e. The van der Waals surface area contributed by atoms with Crippen LogP contribution in [0.25, 0.3) is 10.9 Å². The summed E-state index contributed by atoms with van der Waals surface area (Å²) in [6.07, 6.45) is 0.379. The molecule has 0 aliphatic carbocycles. The van der Waals surface area contributed by atoms with Gasteiger partial charge in [0.1, 0.15) is 23.3 Å². The summed E-state index contributed by atoms with van der Waals surface area (Å²) in [7, 11) is 0. The number of rotatable bonds is 3. The first kappa shape index (κ1) is 19.0. The molecule has 0 atom stereocenters. The first-order chi connectivity index (χ1) is 12.8. The predicted octanol–water partition coefficient (Wildman–Crippen LogP) is 5.55.